The summed E-state index contributed by atoms with van der Waals surface area (Å²) in [5.41, 5.74) is 0.952. The lowest BCUT2D eigenvalue weighted by atomic mass is 10.0. The van der Waals surface area contributed by atoms with Gasteiger partial charge in [-0.15, -0.1) is 0 Å². The fraction of sp³-hybridized carbons (Fsp3) is 0.280. The number of aromatic nitrogens is 8. The Morgan fingerprint density at radius 3 is 2.44 bits per heavy atom. The maximum Gasteiger partial charge on any atom is 0.434 e. The van der Waals surface area contributed by atoms with Crippen molar-refractivity contribution in [1.29, 1.82) is 0 Å². The molecule has 0 aliphatic heterocycles. The SMILES string of the molecule is COc1ncnc(C2CC2)c1-n1nc(Cc2cc(F)c(-c3nc(C(F)(F)F)cn3C)c(F)c2)c2ncncc21. The highest BCUT2D eigenvalue weighted by Crippen LogP contribution is 2.44. The smallest absolute Gasteiger partial charge is 0.434 e. The summed E-state index contributed by atoms with van der Waals surface area (Å²) in [7, 11) is 2.72. The van der Waals surface area contributed by atoms with Crippen LogP contribution in [0.2, 0.25) is 0 Å². The molecule has 0 atom stereocenters. The number of imidazole rings is 1. The first-order valence-electron chi connectivity index (χ1n) is 11.8. The maximum absolute atomic E-state index is 15.2. The van der Waals surface area contributed by atoms with Crippen molar-refractivity contribution in [3.8, 4) is 23.0 Å². The molecule has 1 aromatic carbocycles. The van der Waals surface area contributed by atoms with Crippen LogP contribution in [0, 0.1) is 11.6 Å². The molecular weight excluding hydrogens is 523 g/mol. The molecule has 0 bridgehead atoms. The lowest BCUT2D eigenvalue weighted by molar-refractivity contribution is -0.140. The van der Waals surface area contributed by atoms with E-state index in [-0.39, 0.29) is 17.9 Å². The van der Waals surface area contributed by atoms with Crippen molar-refractivity contribution in [2.75, 3.05) is 7.11 Å². The predicted octanol–water partition coefficient (Wildman–Crippen LogP) is 4.78. The van der Waals surface area contributed by atoms with Gasteiger partial charge in [0.1, 0.15) is 46.8 Å². The van der Waals surface area contributed by atoms with Crippen molar-refractivity contribution in [2.45, 2.75) is 31.4 Å². The molecule has 4 heterocycles. The monoisotopic (exact) mass is 542 g/mol. The second-order valence-electron chi connectivity index (χ2n) is 9.18. The van der Waals surface area contributed by atoms with E-state index in [1.54, 1.807) is 10.9 Å². The highest BCUT2D eigenvalue weighted by molar-refractivity contribution is 5.79. The largest absolute Gasteiger partial charge is 0.479 e. The summed E-state index contributed by atoms with van der Waals surface area (Å²) in [4.78, 5) is 20.5. The molecule has 1 saturated carbocycles. The van der Waals surface area contributed by atoms with E-state index in [9.17, 15) is 13.2 Å². The zero-order valence-electron chi connectivity index (χ0n) is 20.5. The van der Waals surface area contributed by atoms with E-state index in [1.807, 2.05) is 0 Å². The summed E-state index contributed by atoms with van der Waals surface area (Å²) in [6.45, 7) is 0. The first kappa shape index (κ1) is 24.8. The molecule has 6 rings (SSSR count). The van der Waals surface area contributed by atoms with Gasteiger partial charge in [-0.1, -0.05) is 0 Å². The Kier molecular flexibility index (Phi) is 5.77. The van der Waals surface area contributed by atoms with Crippen LogP contribution in [0.3, 0.4) is 0 Å². The third-order valence-corrected chi connectivity index (χ3v) is 6.47. The minimum absolute atomic E-state index is 0.0300. The van der Waals surface area contributed by atoms with Gasteiger partial charge in [0.05, 0.1) is 30.3 Å². The molecule has 1 aliphatic rings. The molecule has 0 N–H and O–H groups in total. The Labute approximate surface area is 217 Å². The van der Waals surface area contributed by atoms with Crippen molar-refractivity contribution in [3.63, 3.8) is 0 Å². The third-order valence-electron chi connectivity index (χ3n) is 6.47. The summed E-state index contributed by atoms with van der Waals surface area (Å²) >= 11 is 0. The van der Waals surface area contributed by atoms with E-state index in [0.717, 1.165) is 35.2 Å². The normalized spacial score (nSPS) is 13.8. The number of methoxy groups -OCH3 is 1. The van der Waals surface area contributed by atoms with E-state index in [0.29, 0.717) is 34.5 Å². The van der Waals surface area contributed by atoms with Crippen LogP contribution in [0.4, 0.5) is 22.0 Å². The average molecular weight is 542 g/mol. The van der Waals surface area contributed by atoms with Gasteiger partial charge in [0.25, 0.3) is 0 Å². The van der Waals surface area contributed by atoms with E-state index in [1.165, 1.54) is 26.8 Å². The van der Waals surface area contributed by atoms with Crippen LogP contribution in [0.1, 0.15) is 41.4 Å². The predicted molar refractivity (Wildman–Crippen MR) is 127 cm³/mol. The van der Waals surface area contributed by atoms with E-state index in [4.69, 9.17) is 4.74 Å². The standard InChI is InChI=1S/C25H19F5N8O/c1-37-9-18(25(28,29)30)35-23(37)19-14(26)5-12(6-15(19)27)7-16-21-17(8-31-10-32-21)38(36-16)22-20(13-3-4-13)33-11-34-24(22)39-2/h5-6,8-11,13H,3-4,7H2,1-2H3. The van der Waals surface area contributed by atoms with Gasteiger partial charge in [0, 0.05) is 25.6 Å². The summed E-state index contributed by atoms with van der Waals surface area (Å²) in [5, 5.41) is 4.69. The number of hydrogen-bond acceptors (Lipinski definition) is 7. The molecule has 1 aliphatic carbocycles. The van der Waals surface area contributed by atoms with Gasteiger partial charge in [-0.05, 0) is 30.5 Å². The summed E-state index contributed by atoms with van der Waals surface area (Å²) in [5.74, 6) is -2.06. The Bertz CT molecular complexity index is 1700. The zero-order valence-corrected chi connectivity index (χ0v) is 20.5. The highest BCUT2D eigenvalue weighted by Gasteiger charge is 2.35. The van der Waals surface area contributed by atoms with Crippen LogP contribution in [-0.4, -0.2) is 46.4 Å². The number of aryl methyl sites for hydroxylation is 1. The van der Waals surface area contributed by atoms with Gasteiger partial charge in [-0.2, -0.15) is 23.3 Å². The number of ether oxygens (including phenoxy) is 1. The molecule has 1 fully saturated rings. The molecule has 0 unspecified atom stereocenters. The Balaban J connectivity index is 1.42. The number of benzene rings is 1. The fourth-order valence-corrected chi connectivity index (χ4v) is 4.56. The van der Waals surface area contributed by atoms with Crippen molar-refractivity contribution < 1.29 is 26.7 Å². The number of nitrogens with zero attached hydrogens (tertiary/aromatic N) is 8. The molecule has 0 amide bonds. The summed E-state index contributed by atoms with van der Waals surface area (Å²) in [6.07, 6.45) is 2.13. The quantitative estimate of drug-likeness (QED) is 0.285. The summed E-state index contributed by atoms with van der Waals surface area (Å²) in [6, 6.07) is 2.10. The number of rotatable bonds is 6. The number of alkyl halides is 3. The average Bonchev–Trinajstić information content (AvgIpc) is 3.58. The second kappa shape index (κ2) is 9.06. The fourth-order valence-electron chi connectivity index (χ4n) is 4.56. The Morgan fingerprint density at radius 1 is 1.05 bits per heavy atom. The third kappa shape index (κ3) is 4.34. The molecule has 9 nitrogen and oxygen atoms in total. The first-order chi connectivity index (χ1) is 18.7. The first-order valence-corrected chi connectivity index (χ1v) is 11.8. The van der Waals surface area contributed by atoms with Crippen LogP contribution >= 0.6 is 0 Å². The van der Waals surface area contributed by atoms with Crippen molar-refractivity contribution in [3.05, 3.63) is 71.5 Å². The van der Waals surface area contributed by atoms with Crippen molar-refractivity contribution >= 4 is 11.0 Å². The van der Waals surface area contributed by atoms with Gasteiger partial charge in [0.2, 0.25) is 5.88 Å². The number of halogens is 5. The van der Waals surface area contributed by atoms with Gasteiger partial charge >= 0.3 is 6.18 Å². The van der Waals surface area contributed by atoms with E-state index < -0.39 is 34.9 Å². The molecule has 0 radical (unpaired) electrons. The zero-order chi connectivity index (χ0) is 27.5. The Morgan fingerprint density at radius 2 is 1.79 bits per heavy atom. The molecule has 4 aromatic heterocycles. The van der Waals surface area contributed by atoms with Crippen LogP contribution in [0.25, 0.3) is 28.1 Å². The summed E-state index contributed by atoms with van der Waals surface area (Å²) < 4.78 is 77.5. The molecule has 200 valence electrons. The van der Waals surface area contributed by atoms with E-state index in [2.05, 4.69) is 30.0 Å². The van der Waals surface area contributed by atoms with Crippen LogP contribution in [0.5, 0.6) is 5.88 Å². The lowest BCUT2D eigenvalue weighted by Crippen LogP contribution is -2.08. The van der Waals surface area contributed by atoms with Crippen LogP contribution in [-0.2, 0) is 19.6 Å². The number of fused-ring (bicyclic) bond motifs is 1. The minimum atomic E-state index is -4.75. The van der Waals surface area contributed by atoms with Gasteiger partial charge < -0.3 is 9.30 Å². The molecule has 5 aromatic rings. The molecular formula is C25H19F5N8O. The van der Waals surface area contributed by atoms with Gasteiger partial charge in [0.15, 0.2) is 5.69 Å². The van der Waals surface area contributed by atoms with Crippen LogP contribution < -0.4 is 4.74 Å². The molecule has 0 saturated heterocycles. The Hall–Kier alpha value is -4.49. The topological polar surface area (TPSA) is 96.4 Å². The number of hydrogen-bond donors (Lipinski definition) is 0. The van der Waals surface area contributed by atoms with Crippen molar-refractivity contribution in [2.24, 2.45) is 7.05 Å². The van der Waals surface area contributed by atoms with Crippen LogP contribution in [0.15, 0.2) is 37.2 Å². The highest BCUT2D eigenvalue weighted by atomic mass is 19.4. The second-order valence-corrected chi connectivity index (χ2v) is 9.18. The van der Waals surface area contributed by atoms with Gasteiger partial charge in [-0.3, -0.25) is 0 Å². The van der Waals surface area contributed by atoms with Crippen molar-refractivity contribution in [1.82, 2.24) is 39.3 Å². The minimum Gasteiger partial charge on any atom is -0.479 e. The molecule has 0 spiro atoms. The lowest BCUT2D eigenvalue weighted by Gasteiger charge is -2.12. The van der Waals surface area contributed by atoms with E-state index >= 15 is 8.78 Å². The van der Waals surface area contributed by atoms with Gasteiger partial charge in [-0.25, -0.2) is 33.4 Å². The molecule has 39 heavy (non-hydrogen) atoms. The maximum atomic E-state index is 15.2. The molecule has 14 heteroatoms.